The van der Waals surface area contributed by atoms with Crippen LogP contribution in [0.15, 0.2) is 60.8 Å². The summed E-state index contributed by atoms with van der Waals surface area (Å²) in [4.78, 5) is 9.62. The fraction of sp³-hybridized carbons (Fsp3) is 0.238. The fourth-order valence-corrected chi connectivity index (χ4v) is 2.85. The summed E-state index contributed by atoms with van der Waals surface area (Å²) < 4.78 is 40.5. The molecule has 0 unspecified atom stereocenters. The predicted molar refractivity (Wildman–Crippen MR) is 101 cm³/mol. The summed E-state index contributed by atoms with van der Waals surface area (Å²) in [6.45, 7) is 2.08. The molecule has 1 aromatic heterocycles. The van der Waals surface area contributed by atoms with Gasteiger partial charge in [-0.05, 0) is 24.1 Å². The van der Waals surface area contributed by atoms with E-state index in [4.69, 9.17) is 0 Å². The molecule has 0 saturated carbocycles. The van der Waals surface area contributed by atoms with Gasteiger partial charge in [-0.3, -0.25) is 0 Å². The second kappa shape index (κ2) is 7.78. The summed E-state index contributed by atoms with van der Waals surface area (Å²) in [7, 11) is 1.58. The van der Waals surface area contributed by atoms with Gasteiger partial charge in [0.05, 0.1) is 0 Å². The third-order valence-electron chi connectivity index (χ3n) is 4.29. The van der Waals surface area contributed by atoms with Crippen LogP contribution in [0.4, 0.5) is 24.7 Å². The van der Waals surface area contributed by atoms with E-state index in [0.29, 0.717) is 11.3 Å². The van der Waals surface area contributed by atoms with Crippen LogP contribution in [0.25, 0.3) is 11.4 Å². The van der Waals surface area contributed by atoms with Crippen molar-refractivity contribution >= 4 is 11.5 Å². The number of rotatable bonds is 5. The Bertz CT molecular complexity index is 891. The average Bonchev–Trinajstić information content (AvgIpc) is 2.68. The Balaban J connectivity index is 2.05. The molecule has 0 N–H and O–H groups in total. The Kier molecular flexibility index (Phi) is 5.44. The van der Waals surface area contributed by atoms with Gasteiger partial charge in [0.25, 0.3) is 0 Å². The summed E-state index contributed by atoms with van der Waals surface area (Å²) in [6.07, 6.45) is -1.74. The molecule has 3 rings (SSSR count). The van der Waals surface area contributed by atoms with E-state index in [1.165, 1.54) is 4.90 Å². The Labute approximate surface area is 156 Å². The van der Waals surface area contributed by atoms with Crippen molar-refractivity contribution in [3.63, 3.8) is 0 Å². The van der Waals surface area contributed by atoms with Crippen LogP contribution in [0.3, 0.4) is 0 Å². The topological polar surface area (TPSA) is 29.0 Å². The lowest BCUT2D eigenvalue weighted by Gasteiger charge is -2.23. The van der Waals surface area contributed by atoms with E-state index in [1.54, 1.807) is 31.3 Å². The van der Waals surface area contributed by atoms with E-state index in [1.807, 2.05) is 30.3 Å². The monoisotopic (exact) mass is 371 g/mol. The number of anilines is 2. The van der Waals surface area contributed by atoms with Crippen molar-refractivity contribution in [1.29, 1.82) is 0 Å². The minimum absolute atomic E-state index is 0.167. The molecule has 0 spiro atoms. The second-order valence-corrected chi connectivity index (χ2v) is 6.27. The molecule has 3 nitrogen and oxygen atoms in total. The van der Waals surface area contributed by atoms with Gasteiger partial charge in [-0.1, -0.05) is 55.8 Å². The summed E-state index contributed by atoms with van der Waals surface area (Å²) in [5.74, 6) is 0.0904. The summed E-state index contributed by atoms with van der Waals surface area (Å²) in [6, 6.07) is 16.5. The van der Waals surface area contributed by atoms with Gasteiger partial charge in [0.2, 0.25) is 0 Å². The summed E-state index contributed by atoms with van der Waals surface area (Å²) in [5, 5.41) is 0. The number of aryl methyl sites for hydroxylation is 1. The van der Waals surface area contributed by atoms with Crippen molar-refractivity contribution in [3.05, 3.63) is 71.9 Å². The SMILES string of the molecule is CCCc1ccc(N(C)c2nc(-c3ccccc3)ncc2C(F)(F)F)cc1. The van der Waals surface area contributed by atoms with Crippen LogP contribution in [0.5, 0.6) is 0 Å². The van der Waals surface area contributed by atoms with Crippen LogP contribution in [0.1, 0.15) is 24.5 Å². The molecule has 0 radical (unpaired) electrons. The average molecular weight is 371 g/mol. The molecule has 0 saturated heterocycles. The first-order valence-electron chi connectivity index (χ1n) is 8.72. The van der Waals surface area contributed by atoms with Crippen LogP contribution in [-0.4, -0.2) is 17.0 Å². The number of hydrogen-bond donors (Lipinski definition) is 0. The molecule has 0 aliphatic heterocycles. The quantitative estimate of drug-likeness (QED) is 0.560. The minimum Gasteiger partial charge on any atom is -0.329 e. The Morgan fingerprint density at radius 1 is 0.963 bits per heavy atom. The van der Waals surface area contributed by atoms with Gasteiger partial charge < -0.3 is 4.90 Å². The highest BCUT2D eigenvalue weighted by Gasteiger charge is 2.36. The van der Waals surface area contributed by atoms with Crippen LogP contribution in [-0.2, 0) is 12.6 Å². The summed E-state index contributed by atoms with van der Waals surface area (Å²) >= 11 is 0. The number of halogens is 3. The second-order valence-electron chi connectivity index (χ2n) is 6.27. The van der Waals surface area contributed by atoms with E-state index < -0.39 is 11.7 Å². The molecule has 0 aliphatic rings. The van der Waals surface area contributed by atoms with Crippen molar-refractivity contribution in [2.24, 2.45) is 0 Å². The standard InChI is InChI=1S/C21H20F3N3/c1-3-7-15-10-12-17(13-11-15)27(2)20-18(21(22,23)24)14-25-19(26-20)16-8-5-4-6-9-16/h4-6,8-14H,3,7H2,1-2H3. The molecule has 0 fully saturated rings. The maximum Gasteiger partial charge on any atom is 0.421 e. The minimum atomic E-state index is -4.54. The maximum absolute atomic E-state index is 13.5. The molecule has 0 bridgehead atoms. The molecule has 6 heteroatoms. The van der Waals surface area contributed by atoms with Crippen LogP contribution in [0, 0.1) is 0 Å². The fourth-order valence-electron chi connectivity index (χ4n) is 2.85. The normalized spacial score (nSPS) is 11.4. The predicted octanol–water partition coefficient (Wildman–Crippen LogP) is 5.88. The highest BCUT2D eigenvalue weighted by Crippen LogP contribution is 2.37. The number of alkyl halides is 3. The van der Waals surface area contributed by atoms with Crippen molar-refractivity contribution in [3.8, 4) is 11.4 Å². The zero-order valence-corrected chi connectivity index (χ0v) is 15.2. The zero-order valence-electron chi connectivity index (χ0n) is 15.2. The number of benzene rings is 2. The third-order valence-corrected chi connectivity index (χ3v) is 4.29. The van der Waals surface area contributed by atoms with Crippen molar-refractivity contribution < 1.29 is 13.2 Å². The van der Waals surface area contributed by atoms with E-state index in [-0.39, 0.29) is 11.6 Å². The lowest BCUT2D eigenvalue weighted by atomic mass is 10.1. The number of hydrogen-bond acceptors (Lipinski definition) is 3. The van der Waals surface area contributed by atoms with Crippen molar-refractivity contribution in [1.82, 2.24) is 9.97 Å². The van der Waals surface area contributed by atoms with Gasteiger partial charge in [0, 0.05) is 24.5 Å². The molecule has 0 amide bonds. The van der Waals surface area contributed by atoms with Crippen LogP contribution < -0.4 is 4.90 Å². The third kappa shape index (κ3) is 4.27. The van der Waals surface area contributed by atoms with E-state index in [9.17, 15) is 13.2 Å². The van der Waals surface area contributed by atoms with Crippen molar-refractivity contribution in [2.45, 2.75) is 25.9 Å². The first-order valence-corrected chi connectivity index (χ1v) is 8.72. The molecule has 0 aliphatic carbocycles. The maximum atomic E-state index is 13.5. The highest BCUT2D eigenvalue weighted by molar-refractivity contribution is 5.66. The Hall–Kier alpha value is -2.89. The number of nitrogens with zero attached hydrogens (tertiary/aromatic N) is 3. The van der Waals surface area contributed by atoms with Crippen LogP contribution in [0.2, 0.25) is 0 Å². The molecule has 1 heterocycles. The lowest BCUT2D eigenvalue weighted by Crippen LogP contribution is -2.19. The van der Waals surface area contributed by atoms with E-state index in [2.05, 4.69) is 16.9 Å². The van der Waals surface area contributed by atoms with Gasteiger partial charge >= 0.3 is 6.18 Å². The van der Waals surface area contributed by atoms with E-state index in [0.717, 1.165) is 24.6 Å². The smallest absolute Gasteiger partial charge is 0.329 e. The summed E-state index contributed by atoms with van der Waals surface area (Å²) in [5.41, 5.74) is 1.60. The number of aromatic nitrogens is 2. The highest BCUT2D eigenvalue weighted by atomic mass is 19.4. The zero-order chi connectivity index (χ0) is 19.4. The first kappa shape index (κ1) is 18.9. The van der Waals surface area contributed by atoms with E-state index >= 15 is 0 Å². The van der Waals surface area contributed by atoms with Gasteiger partial charge in [-0.25, -0.2) is 9.97 Å². The first-order chi connectivity index (χ1) is 12.9. The largest absolute Gasteiger partial charge is 0.421 e. The Morgan fingerprint density at radius 3 is 2.22 bits per heavy atom. The molecule has 2 aromatic carbocycles. The Morgan fingerprint density at radius 2 is 1.63 bits per heavy atom. The van der Waals surface area contributed by atoms with Crippen molar-refractivity contribution in [2.75, 3.05) is 11.9 Å². The van der Waals surface area contributed by atoms with Gasteiger partial charge in [-0.15, -0.1) is 0 Å². The molecule has 140 valence electrons. The molecular formula is C21H20F3N3. The molecular weight excluding hydrogens is 351 g/mol. The van der Waals surface area contributed by atoms with Gasteiger partial charge in [0.1, 0.15) is 11.4 Å². The van der Waals surface area contributed by atoms with Gasteiger partial charge in [0.15, 0.2) is 5.82 Å². The molecule has 27 heavy (non-hydrogen) atoms. The van der Waals surface area contributed by atoms with Gasteiger partial charge in [-0.2, -0.15) is 13.2 Å². The molecule has 0 atom stereocenters. The van der Waals surface area contributed by atoms with Crippen LogP contribution >= 0.6 is 0 Å². The lowest BCUT2D eigenvalue weighted by molar-refractivity contribution is -0.137. The molecule has 3 aromatic rings.